The van der Waals surface area contributed by atoms with Crippen molar-refractivity contribution in [3.05, 3.63) is 75.8 Å². The van der Waals surface area contributed by atoms with Crippen LogP contribution in [-0.2, 0) is 0 Å². The lowest BCUT2D eigenvalue weighted by Crippen LogP contribution is -2.09. The van der Waals surface area contributed by atoms with E-state index in [2.05, 4.69) is 36.9 Å². The summed E-state index contributed by atoms with van der Waals surface area (Å²) in [6.07, 6.45) is 2.11. The molecule has 0 N–H and O–H groups in total. The first-order valence-corrected chi connectivity index (χ1v) is 7.14. The van der Waals surface area contributed by atoms with Crippen molar-refractivity contribution in [2.75, 3.05) is 0 Å². The molecule has 3 rings (SSSR count). The van der Waals surface area contributed by atoms with E-state index < -0.39 is 0 Å². The summed E-state index contributed by atoms with van der Waals surface area (Å²) in [6.45, 7) is 4.17. The third-order valence-electron chi connectivity index (χ3n) is 3.80. The first kappa shape index (κ1) is 12.8. The second kappa shape index (κ2) is 5.03. The van der Waals surface area contributed by atoms with E-state index in [-0.39, 0.29) is 0 Å². The quantitative estimate of drug-likeness (QED) is 0.610. The largest absolute Gasteiger partial charge is 0.0952 e. The molecule has 1 atom stereocenters. The maximum absolute atomic E-state index is 6.14. The second-order valence-corrected chi connectivity index (χ2v) is 5.77. The van der Waals surface area contributed by atoms with Gasteiger partial charge in [0.25, 0.3) is 0 Å². The van der Waals surface area contributed by atoms with Gasteiger partial charge in [0, 0.05) is 5.92 Å². The van der Waals surface area contributed by atoms with E-state index in [1.165, 1.54) is 22.3 Å². The molecule has 0 heterocycles. The van der Waals surface area contributed by atoms with Gasteiger partial charge in [0.05, 0.1) is 10.0 Å². The molecule has 0 amide bonds. The van der Waals surface area contributed by atoms with E-state index in [9.17, 15) is 0 Å². The van der Waals surface area contributed by atoms with Gasteiger partial charge < -0.3 is 0 Å². The topological polar surface area (TPSA) is 0 Å². The van der Waals surface area contributed by atoms with Crippen LogP contribution in [0.15, 0.2) is 49.0 Å². The Bertz CT molecular complexity index is 643. The number of allylic oxidation sites excluding steroid dienone is 1. The third-order valence-corrected chi connectivity index (χ3v) is 4.54. The molecule has 0 saturated carbocycles. The minimum Gasteiger partial charge on any atom is -0.0952 e. The molecular weight excluding hydrogens is 275 g/mol. The normalized spacial score (nSPS) is 18.2. The van der Waals surface area contributed by atoms with E-state index >= 15 is 0 Å². The molecule has 0 saturated heterocycles. The van der Waals surface area contributed by atoms with Gasteiger partial charge in [-0.25, -0.2) is 0 Å². The predicted molar refractivity (Wildman–Crippen MR) is 83.0 cm³/mol. The van der Waals surface area contributed by atoms with Crippen molar-refractivity contribution >= 4 is 28.8 Å². The summed E-state index contributed by atoms with van der Waals surface area (Å²) in [5.41, 5.74) is 5.09. The lowest BCUT2D eigenvalue weighted by atomic mass is 9.77. The highest BCUT2D eigenvalue weighted by molar-refractivity contribution is 6.42. The van der Waals surface area contributed by atoms with E-state index in [1.807, 2.05) is 12.1 Å². The van der Waals surface area contributed by atoms with Crippen molar-refractivity contribution in [1.82, 2.24) is 0 Å². The van der Waals surface area contributed by atoms with Crippen LogP contribution in [-0.4, -0.2) is 0 Å². The molecule has 2 aromatic rings. The Balaban J connectivity index is 2.09. The summed E-state index contributed by atoms with van der Waals surface area (Å²) in [4.78, 5) is 0. The fourth-order valence-corrected chi connectivity index (χ4v) is 3.11. The number of fused-ring (bicyclic) bond motifs is 1. The first-order valence-electron chi connectivity index (χ1n) is 6.39. The fourth-order valence-electron chi connectivity index (χ4n) is 2.81. The summed E-state index contributed by atoms with van der Waals surface area (Å²) in [7, 11) is 0. The monoisotopic (exact) mass is 288 g/mol. The summed E-state index contributed by atoms with van der Waals surface area (Å²) >= 11 is 12.1. The zero-order chi connectivity index (χ0) is 13.4. The van der Waals surface area contributed by atoms with Crippen molar-refractivity contribution in [2.24, 2.45) is 0 Å². The molecule has 96 valence electrons. The molecule has 2 aromatic carbocycles. The van der Waals surface area contributed by atoms with Crippen LogP contribution in [0.3, 0.4) is 0 Å². The molecule has 1 aliphatic carbocycles. The first-order chi connectivity index (χ1) is 9.16. The predicted octanol–water partition coefficient (Wildman–Crippen LogP) is 5.93. The molecule has 19 heavy (non-hydrogen) atoms. The van der Waals surface area contributed by atoms with Crippen LogP contribution >= 0.6 is 23.2 Å². The average Bonchev–Trinajstić information content (AvgIpc) is 2.43. The smallest absolute Gasteiger partial charge is 0.0595 e. The van der Waals surface area contributed by atoms with E-state index in [4.69, 9.17) is 23.2 Å². The summed E-state index contributed by atoms with van der Waals surface area (Å²) in [6, 6.07) is 14.4. The number of benzene rings is 2. The van der Waals surface area contributed by atoms with Gasteiger partial charge in [0.2, 0.25) is 0 Å². The molecule has 0 fully saturated rings. The molecule has 0 spiro atoms. The average molecular weight is 289 g/mol. The van der Waals surface area contributed by atoms with Crippen molar-refractivity contribution in [1.29, 1.82) is 0 Å². The molecule has 0 aromatic heterocycles. The Morgan fingerprint density at radius 2 is 1.79 bits per heavy atom. The molecule has 0 radical (unpaired) electrons. The lowest BCUT2D eigenvalue weighted by Gasteiger charge is -2.27. The van der Waals surface area contributed by atoms with Gasteiger partial charge in [0.1, 0.15) is 0 Å². The highest BCUT2D eigenvalue weighted by atomic mass is 35.5. The van der Waals surface area contributed by atoms with Gasteiger partial charge in [-0.15, -0.1) is 0 Å². The maximum Gasteiger partial charge on any atom is 0.0595 e. The van der Waals surface area contributed by atoms with Crippen LogP contribution in [0.1, 0.15) is 35.4 Å². The van der Waals surface area contributed by atoms with Gasteiger partial charge in [-0.05, 0) is 47.2 Å². The van der Waals surface area contributed by atoms with Crippen molar-refractivity contribution in [3.63, 3.8) is 0 Å². The van der Waals surface area contributed by atoms with Crippen LogP contribution in [0.2, 0.25) is 10.0 Å². The number of halogens is 2. The van der Waals surface area contributed by atoms with Gasteiger partial charge in [0.15, 0.2) is 0 Å². The number of rotatable bonds is 1. The van der Waals surface area contributed by atoms with Crippen LogP contribution < -0.4 is 0 Å². The Labute approximate surface area is 123 Å². The number of hydrogen-bond donors (Lipinski definition) is 0. The molecule has 0 nitrogen and oxygen atoms in total. The molecule has 0 unspecified atom stereocenters. The summed E-state index contributed by atoms with van der Waals surface area (Å²) in [5, 5.41) is 1.24. The third kappa shape index (κ3) is 2.31. The van der Waals surface area contributed by atoms with E-state index in [1.54, 1.807) is 0 Å². The fraction of sp³-hybridized carbons (Fsp3) is 0.176. The Kier molecular flexibility index (Phi) is 3.38. The zero-order valence-electron chi connectivity index (χ0n) is 10.5. The van der Waals surface area contributed by atoms with Crippen molar-refractivity contribution in [3.8, 4) is 0 Å². The van der Waals surface area contributed by atoms with Crippen LogP contribution in [0.5, 0.6) is 0 Å². The van der Waals surface area contributed by atoms with E-state index in [0.717, 1.165) is 12.8 Å². The zero-order valence-corrected chi connectivity index (χ0v) is 12.0. The highest BCUT2D eigenvalue weighted by Gasteiger charge is 2.23. The highest BCUT2D eigenvalue weighted by Crippen LogP contribution is 2.42. The van der Waals surface area contributed by atoms with Crippen molar-refractivity contribution < 1.29 is 0 Å². The Hall–Kier alpha value is -1.24. The molecule has 1 aliphatic rings. The maximum atomic E-state index is 6.14. The molecule has 0 aliphatic heterocycles. The number of hydrogen-bond acceptors (Lipinski definition) is 0. The van der Waals surface area contributed by atoms with Crippen LogP contribution in [0, 0.1) is 0 Å². The SMILES string of the molecule is C=C1CC[C@@H](c2ccc(Cl)c(Cl)c2)c2ccccc21. The molecule has 2 heteroatoms. The Morgan fingerprint density at radius 3 is 2.58 bits per heavy atom. The standard InChI is InChI=1S/C17H14Cl2/c1-11-6-8-14(15-5-3-2-4-13(11)15)12-7-9-16(18)17(19)10-12/h2-5,7,9-10,14H,1,6,8H2/t14-/m0/s1. The van der Waals surface area contributed by atoms with Crippen LogP contribution in [0.4, 0.5) is 0 Å². The molecule has 0 bridgehead atoms. The summed E-state index contributed by atoms with van der Waals surface area (Å²) in [5.74, 6) is 0.386. The van der Waals surface area contributed by atoms with Gasteiger partial charge in [-0.1, -0.05) is 60.1 Å². The lowest BCUT2D eigenvalue weighted by molar-refractivity contribution is 0.712. The van der Waals surface area contributed by atoms with Crippen LogP contribution in [0.25, 0.3) is 5.57 Å². The second-order valence-electron chi connectivity index (χ2n) is 4.96. The van der Waals surface area contributed by atoms with E-state index in [0.29, 0.717) is 16.0 Å². The minimum atomic E-state index is 0.386. The van der Waals surface area contributed by atoms with Gasteiger partial charge in [-0.3, -0.25) is 0 Å². The van der Waals surface area contributed by atoms with Gasteiger partial charge in [-0.2, -0.15) is 0 Å². The molecular formula is C17H14Cl2. The van der Waals surface area contributed by atoms with Gasteiger partial charge >= 0.3 is 0 Å². The Morgan fingerprint density at radius 1 is 1.00 bits per heavy atom. The minimum absolute atomic E-state index is 0.386. The van der Waals surface area contributed by atoms with Crippen molar-refractivity contribution in [2.45, 2.75) is 18.8 Å². The summed E-state index contributed by atoms with van der Waals surface area (Å²) < 4.78 is 0.